The summed E-state index contributed by atoms with van der Waals surface area (Å²) in [5, 5.41) is 6.50. The third-order valence-electron chi connectivity index (χ3n) is 3.84. The Labute approximate surface area is 154 Å². The zero-order valence-electron chi connectivity index (χ0n) is 13.4. The quantitative estimate of drug-likeness (QED) is 0.685. The summed E-state index contributed by atoms with van der Waals surface area (Å²) in [5.41, 5.74) is 1.31. The lowest BCUT2D eigenvalue weighted by Gasteiger charge is -2.38. The molecule has 0 fully saturated rings. The number of rotatable bonds is 2. The van der Waals surface area contributed by atoms with Crippen molar-refractivity contribution in [2.24, 2.45) is 0 Å². The van der Waals surface area contributed by atoms with Crippen molar-refractivity contribution < 1.29 is 9.53 Å². The second kappa shape index (κ2) is 6.65. The number of hydrogen-bond donors (Lipinski definition) is 2. The second-order valence-electron chi connectivity index (χ2n) is 6.41. The highest BCUT2D eigenvalue weighted by Crippen LogP contribution is 2.40. The minimum Gasteiger partial charge on any atom is -0.487 e. The van der Waals surface area contributed by atoms with Gasteiger partial charge in [-0.2, -0.15) is 0 Å². The third kappa shape index (κ3) is 4.02. The smallest absolute Gasteiger partial charge is 0.319 e. The molecule has 2 N–H and O–H groups in total. The summed E-state index contributed by atoms with van der Waals surface area (Å²) in [7, 11) is 0. The van der Waals surface area contributed by atoms with Crippen LogP contribution >= 0.6 is 27.5 Å². The minimum atomic E-state index is -0.348. The van der Waals surface area contributed by atoms with Gasteiger partial charge in [-0.15, -0.1) is 0 Å². The number of benzene rings is 2. The molecule has 0 aliphatic carbocycles. The lowest BCUT2D eigenvalue weighted by molar-refractivity contribution is 0.0682. The lowest BCUT2D eigenvalue weighted by Crippen LogP contribution is -2.42. The van der Waals surface area contributed by atoms with E-state index in [4.69, 9.17) is 16.3 Å². The summed E-state index contributed by atoms with van der Waals surface area (Å²) < 4.78 is 6.96. The number of anilines is 1. The number of carbonyl (C=O) groups is 1. The monoisotopic (exact) mass is 408 g/mol. The Morgan fingerprint density at radius 1 is 1.25 bits per heavy atom. The fraction of sp³-hybridized carbons (Fsp3) is 0.278. The molecule has 0 bridgehead atoms. The molecule has 1 aliphatic heterocycles. The molecule has 0 radical (unpaired) electrons. The fourth-order valence-corrected chi connectivity index (χ4v) is 3.32. The van der Waals surface area contributed by atoms with Crippen molar-refractivity contribution >= 4 is 39.2 Å². The van der Waals surface area contributed by atoms with Gasteiger partial charge in [0, 0.05) is 27.2 Å². The van der Waals surface area contributed by atoms with Crippen LogP contribution in [0.4, 0.5) is 10.5 Å². The molecule has 6 heteroatoms. The molecule has 2 aromatic carbocycles. The van der Waals surface area contributed by atoms with E-state index in [9.17, 15) is 4.79 Å². The number of halogens is 2. The van der Waals surface area contributed by atoms with Gasteiger partial charge in [0.1, 0.15) is 11.4 Å². The van der Waals surface area contributed by atoms with E-state index in [2.05, 4.69) is 26.6 Å². The molecule has 0 unspecified atom stereocenters. The summed E-state index contributed by atoms with van der Waals surface area (Å²) >= 11 is 9.34. The Kier molecular flexibility index (Phi) is 4.74. The van der Waals surface area contributed by atoms with Gasteiger partial charge < -0.3 is 15.4 Å². The normalized spacial score (nSPS) is 18.2. The van der Waals surface area contributed by atoms with E-state index in [1.807, 2.05) is 32.0 Å². The molecule has 24 heavy (non-hydrogen) atoms. The Hall–Kier alpha value is -1.72. The van der Waals surface area contributed by atoms with Crippen molar-refractivity contribution in [3.63, 3.8) is 0 Å². The predicted molar refractivity (Wildman–Crippen MR) is 99.8 cm³/mol. The number of hydrogen-bond acceptors (Lipinski definition) is 2. The molecular formula is C18H18BrClN2O2. The van der Waals surface area contributed by atoms with Gasteiger partial charge in [-0.3, -0.25) is 0 Å². The highest BCUT2D eigenvalue weighted by Gasteiger charge is 2.34. The molecule has 2 amide bonds. The molecule has 1 atom stereocenters. The number of nitrogens with one attached hydrogen (secondary N) is 2. The van der Waals surface area contributed by atoms with Gasteiger partial charge in [-0.1, -0.05) is 27.5 Å². The number of amides is 2. The van der Waals surface area contributed by atoms with Crippen molar-refractivity contribution in [3.05, 3.63) is 57.5 Å². The van der Waals surface area contributed by atoms with Gasteiger partial charge in [0.2, 0.25) is 0 Å². The Morgan fingerprint density at radius 3 is 2.67 bits per heavy atom. The highest BCUT2D eigenvalue weighted by molar-refractivity contribution is 9.10. The van der Waals surface area contributed by atoms with Crippen LogP contribution in [-0.2, 0) is 0 Å². The van der Waals surface area contributed by atoms with Crippen LogP contribution in [0.1, 0.15) is 31.9 Å². The van der Waals surface area contributed by atoms with Gasteiger partial charge in [0.25, 0.3) is 0 Å². The first-order valence-corrected chi connectivity index (χ1v) is 8.81. The predicted octanol–water partition coefficient (Wildman–Crippen LogP) is 5.53. The molecular weight excluding hydrogens is 392 g/mol. The first-order chi connectivity index (χ1) is 11.3. The number of ether oxygens (including phenoxy) is 1. The number of fused-ring (bicyclic) bond motifs is 1. The molecule has 0 spiro atoms. The maximum absolute atomic E-state index is 12.4. The summed E-state index contributed by atoms with van der Waals surface area (Å²) in [6, 6.07) is 12.5. The van der Waals surface area contributed by atoms with E-state index in [1.165, 1.54) is 0 Å². The van der Waals surface area contributed by atoms with Crippen LogP contribution in [0, 0.1) is 0 Å². The Bertz CT molecular complexity index is 762. The van der Waals surface area contributed by atoms with Crippen molar-refractivity contribution in [2.45, 2.75) is 31.9 Å². The van der Waals surface area contributed by atoms with E-state index >= 15 is 0 Å². The summed E-state index contributed by atoms with van der Waals surface area (Å²) in [4.78, 5) is 12.4. The van der Waals surface area contributed by atoms with Crippen LogP contribution in [0.15, 0.2) is 46.9 Å². The van der Waals surface area contributed by atoms with Gasteiger partial charge in [-0.05, 0) is 56.3 Å². The average molecular weight is 410 g/mol. The zero-order chi connectivity index (χ0) is 17.3. The molecule has 3 rings (SSSR count). The van der Waals surface area contributed by atoms with Gasteiger partial charge in [0.05, 0.1) is 6.04 Å². The molecule has 1 aliphatic rings. The van der Waals surface area contributed by atoms with E-state index in [1.54, 1.807) is 24.3 Å². The van der Waals surface area contributed by atoms with E-state index in [0.29, 0.717) is 17.1 Å². The van der Waals surface area contributed by atoms with Crippen LogP contribution in [0.5, 0.6) is 5.75 Å². The first kappa shape index (κ1) is 17.1. The van der Waals surface area contributed by atoms with E-state index in [0.717, 1.165) is 15.8 Å². The highest BCUT2D eigenvalue weighted by atomic mass is 79.9. The lowest BCUT2D eigenvalue weighted by atomic mass is 9.90. The summed E-state index contributed by atoms with van der Waals surface area (Å²) in [5.74, 6) is 0.797. The van der Waals surface area contributed by atoms with Crippen LogP contribution in [0.25, 0.3) is 0 Å². The van der Waals surface area contributed by atoms with Crippen molar-refractivity contribution in [3.8, 4) is 5.75 Å². The minimum absolute atomic E-state index is 0.131. The average Bonchev–Trinajstić information content (AvgIpc) is 2.49. The van der Waals surface area contributed by atoms with Crippen molar-refractivity contribution in [2.75, 3.05) is 5.32 Å². The number of urea groups is 1. The largest absolute Gasteiger partial charge is 0.487 e. The molecule has 0 saturated carbocycles. The van der Waals surface area contributed by atoms with Crippen LogP contribution < -0.4 is 15.4 Å². The molecule has 126 valence electrons. The molecule has 0 aromatic heterocycles. The van der Waals surface area contributed by atoms with Crippen molar-refractivity contribution in [1.82, 2.24) is 5.32 Å². The topological polar surface area (TPSA) is 50.4 Å². The third-order valence-corrected chi connectivity index (χ3v) is 4.58. The van der Waals surface area contributed by atoms with Crippen molar-refractivity contribution in [1.29, 1.82) is 0 Å². The molecule has 0 saturated heterocycles. The van der Waals surface area contributed by atoms with E-state index < -0.39 is 0 Å². The zero-order valence-corrected chi connectivity index (χ0v) is 15.7. The maximum Gasteiger partial charge on any atom is 0.319 e. The Balaban J connectivity index is 1.77. The van der Waals surface area contributed by atoms with Gasteiger partial charge >= 0.3 is 6.03 Å². The molecule has 1 heterocycles. The van der Waals surface area contributed by atoms with Crippen LogP contribution in [0.2, 0.25) is 5.02 Å². The number of carbonyl (C=O) groups excluding carboxylic acids is 1. The fourth-order valence-electron chi connectivity index (χ4n) is 2.81. The Morgan fingerprint density at radius 2 is 1.96 bits per heavy atom. The van der Waals surface area contributed by atoms with Crippen LogP contribution in [-0.4, -0.2) is 11.6 Å². The van der Waals surface area contributed by atoms with Gasteiger partial charge in [-0.25, -0.2) is 4.79 Å². The molecule has 4 nitrogen and oxygen atoms in total. The summed E-state index contributed by atoms with van der Waals surface area (Å²) in [6.45, 7) is 4.04. The summed E-state index contributed by atoms with van der Waals surface area (Å²) in [6.07, 6.45) is 0.685. The SMILES string of the molecule is CC1(C)C[C@H](NC(=O)Nc2ccc(Cl)cc2)c2cc(Br)ccc2O1. The van der Waals surface area contributed by atoms with Crippen LogP contribution in [0.3, 0.4) is 0 Å². The van der Waals surface area contributed by atoms with Gasteiger partial charge in [0.15, 0.2) is 0 Å². The first-order valence-electron chi connectivity index (χ1n) is 7.64. The second-order valence-corrected chi connectivity index (χ2v) is 7.76. The molecule has 2 aromatic rings. The standard InChI is InChI=1S/C18H18BrClN2O2/c1-18(2)10-15(14-9-11(19)3-8-16(14)24-18)22-17(23)21-13-6-4-12(20)5-7-13/h3-9,15H,10H2,1-2H3,(H2,21,22,23)/t15-/m0/s1. The maximum atomic E-state index is 12.4. The van der Waals surface area contributed by atoms with E-state index in [-0.39, 0.29) is 17.7 Å².